The number of halogens is 1. The van der Waals surface area contributed by atoms with Gasteiger partial charge in [0.15, 0.2) is 5.82 Å². The van der Waals surface area contributed by atoms with E-state index in [0.717, 1.165) is 41.8 Å². The number of fused-ring (bicyclic) bond motifs is 1. The molecule has 11 nitrogen and oxygen atoms in total. The van der Waals surface area contributed by atoms with Crippen LogP contribution in [0.5, 0.6) is 0 Å². The summed E-state index contributed by atoms with van der Waals surface area (Å²) in [5.41, 5.74) is 3.64. The molecule has 12 heteroatoms. The highest BCUT2D eigenvalue weighted by Gasteiger charge is 2.41. The molecule has 0 bridgehead atoms. The molecule has 1 aromatic heterocycles. The van der Waals surface area contributed by atoms with Gasteiger partial charge in [-0.15, -0.1) is 0 Å². The second-order valence-corrected chi connectivity index (χ2v) is 14.7. The number of hydrogen-bond donors (Lipinski definition) is 3. The van der Waals surface area contributed by atoms with Crippen molar-refractivity contribution in [3.63, 3.8) is 0 Å². The molecule has 254 valence electrons. The molecule has 0 saturated carbocycles. The van der Waals surface area contributed by atoms with E-state index >= 15 is 0 Å². The van der Waals surface area contributed by atoms with Crippen LogP contribution in [0.25, 0.3) is 0 Å². The highest BCUT2D eigenvalue weighted by atomic mass is 35.5. The maximum atomic E-state index is 13.4. The van der Waals surface area contributed by atoms with Crippen LogP contribution in [0.4, 0.5) is 27.9 Å². The number of likely N-dealkylation sites (tertiary alicyclic amines) is 2. The van der Waals surface area contributed by atoms with Gasteiger partial charge in [-0.1, -0.05) is 35.9 Å². The number of rotatable bonds is 7. The van der Waals surface area contributed by atoms with Gasteiger partial charge < -0.3 is 25.6 Å². The molecule has 0 aliphatic carbocycles. The predicted octanol–water partition coefficient (Wildman–Crippen LogP) is 6.82. The number of hydrogen-bond acceptors (Lipinski definition) is 8. The molecular formula is C36H44ClN7O4. The predicted molar refractivity (Wildman–Crippen MR) is 187 cm³/mol. The molecule has 3 amide bonds. The lowest BCUT2D eigenvalue weighted by molar-refractivity contribution is -0.137. The fourth-order valence-corrected chi connectivity index (χ4v) is 7.04. The highest BCUT2D eigenvalue weighted by molar-refractivity contribution is 6.32. The molecule has 48 heavy (non-hydrogen) atoms. The smallest absolute Gasteiger partial charge is 0.410 e. The molecule has 2 aromatic carbocycles. The van der Waals surface area contributed by atoms with Crippen molar-refractivity contribution in [1.29, 1.82) is 0 Å². The minimum absolute atomic E-state index is 0.0180. The van der Waals surface area contributed by atoms with Gasteiger partial charge in [-0.3, -0.25) is 14.5 Å². The van der Waals surface area contributed by atoms with Crippen LogP contribution < -0.4 is 16.0 Å². The van der Waals surface area contributed by atoms with Crippen molar-refractivity contribution >= 4 is 52.6 Å². The van der Waals surface area contributed by atoms with Gasteiger partial charge in [0.25, 0.3) is 0 Å². The average molecular weight is 674 g/mol. The van der Waals surface area contributed by atoms with E-state index in [9.17, 15) is 14.4 Å². The Bertz CT molecular complexity index is 1700. The molecule has 1 unspecified atom stereocenters. The van der Waals surface area contributed by atoms with Crippen molar-refractivity contribution in [1.82, 2.24) is 19.8 Å². The molecule has 6 rings (SSSR count). The number of nitrogens with one attached hydrogen (secondary N) is 3. The topological polar surface area (TPSA) is 129 Å². The Morgan fingerprint density at radius 1 is 1.06 bits per heavy atom. The summed E-state index contributed by atoms with van der Waals surface area (Å²) in [5, 5.41) is 9.95. The van der Waals surface area contributed by atoms with Crippen LogP contribution in [0.2, 0.25) is 5.02 Å². The quantitative estimate of drug-likeness (QED) is 0.249. The van der Waals surface area contributed by atoms with Gasteiger partial charge in [0, 0.05) is 37.6 Å². The first-order chi connectivity index (χ1) is 22.8. The maximum Gasteiger partial charge on any atom is 0.410 e. The van der Waals surface area contributed by atoms with E-state index < -0.39 is 23.2 Å². The number of ether oxygens (including phenoxy) is 1. The van der Waals surface area contributed by atoms with Crippen LogP contribution in [-0.2, 0) is 26.3 Å². The second-order valence-electron chi connectivity index (χ2n) is 14.3. The summed E-state index contributed by atoms with van der Waals surface area (Å²) in [5.74, 6) is 1.24. The molecule has 0 radical (unpaired) electrons. The molecule has 0 spiro atoms. The van der Waals surface area contributed by atoms with E-state index in [0.29, 0.717) is 55.3 Å². The number of piperidine rings is 1. The van der Waals surface area contributed by atoms with Gasteiger partial charge in [-0.25, -0.2) is 9.78 Å². The minimum Gasteiger partial charge on any atom is -0.444 e. The zero-order chi connectivity index (χ0) is 34.2. The van der Waals surface area contributed by atoms with Crippen LogP contribution in [-0.4, -0.2) is 69.0 Å². The monoisotopic (exact) mass is 673 g/mol. The Morgan fingerprint density at radius 3 is 2.50 bits per heavy atom. The average Bonchev–Trinajstić information content (AvgIpc) is 3.63. The third-order valence-corrected chi connectivity index (χ3v) is 9.67. The van der Waals surface area contributed by atoms with Gasteiger partial charge in [0.1, 0.15) is 16.7 Å². The van der Waals surface area contributed by atoms with Gasteiger partial charge in [-0.2, -0.15) is 4.98 Å². The number of nitrogens with zero attached hydrogens (tertiary/aromatic N) is 4. The zero-order valence-electron chi connectivity index (χ0n) is 28.2. The minimum atomic E-state index is -0.628. The van der Waals surface area contributed by atoms with Crippen molar-refractivity contribution in [3.8, 4) is 0 Å². The maximum absolute atomic E-state index is 13.4. The Kier molecular flexibility index (Phi) is 9.26. The third kappa shape index (κ3) is 7.06. The fraction of sp³-hybridized carbons (Fsp3) is 0.472. The van der Waals surface area contributed by atoms with Crippen molar-refractivity contribution in [2.24, 2.45) is 0 Å². The second kappa shape index (κ2) is 13.3. The number of anilines is 4. The molecule has 3 aliphatic rings. The van der Waals surface area contributed by atoms with Crippen molar-refractivity contribution < 1.29 is 19.1 Å². The van der Waals surface area contributed by atoms with Crippen LogP contribution in [0.1, 0.15) is 82.9 Å². The Hall–Kier alpha value is -4.38. The van der Waals surface area contributed by atoms with E-state index in [1.165, 1.54) is 5.56 Å². The summed E-state index contributed by atoms with van der Waals surface area (Å²) < 4.78 is 5.56. The summed E-state index contributed by atoms with van der Waals surface area (Å²) >= 11 is 6.45. The van der Waals surface area contributed by atoms with E-state index in [1.807, 2.05) is 69.9 Å². The van der Waals surface area contributed by atoms with Crippen LogP contribution in [0.3, 0.4) is 0 Å². The highest BCUT2D eigenvalue weighted by Crippen LogP contribution is 2.40. The van der Waals surface area contributed by atoms with Crippen molar-refractivity contribution in [2.45, 2.75) is 89.8 Å². The van der Waals surface area contributed by atoms with Gasteiger partial charge in [0.2, 0.25) is 17.8 Å². The number of benzene rings is 2. The first-order valence-corrected chi connectivity index (χ1v) is 17.0. The Morgan fingerprint density at radius 2 is 1.79 bits per heavy atom. The number of aromatic nitrogens is 2. The summed E-state index contributed by atoms with van der Waals surface area (Å²) in [6.45, 7) is 11.7. The SMILES string of the molecule is CC(C)(C)OC(=O)N1CCCC1C(=O)N1CCC(c2ccc(Nc3ncc(Cl)c(NCc4cccc5c4C(C)(C)C(=O)N5)n3)cc2)CC1. The molecular weight excluding hydrogens is 630 g/mol. The van der Waals surface area contributed by atoms with E-state index in [1.54, 1.807) is 11.1 Å². The molecule has 2 saturated heterocycles. The van der Waals surface area contributed by atoms with E-state index in [4.69, 9.17) is 16.3 Å². The zero-order valence-corrected chi connectivity index (χ0v) is 29.0. The standard InChI is InChI=1S/C36H44ClN7O4/c1-35(2,3)48-34(47)44-17-7-10-28(44)31(45)43-18-15-23(16-19-43)22-11-13-25(14-12-22)40-33-39-21-26(37)30(42-33)38-20-24-8-6-9-27-29(24)36(4,5)32(46)41-27/h6,8-9,11-14,21,23,28H,7,10,15-20H2,1-5H3,(H,41,46)(H2,38,39,40,42). The Balaban J connectivity index is 1.03. The Labute approximate surface area is 286 Å². The van der Waals surface area contributed by atoms with Gasteiger partial charge in [0.05, 0.1) is 11.6 Å². The molecule has 4 heterocycles. The lowest BCUT2D eigenvalue weighted by atomic mass is 9.83. The van der Waals surface area contributed by atoms with Crippen LogP contribution in [0, 0.1) is 0 Å². The fourth-order valence-electron chi connectivity index (χ4n) is 6.89. The van der Waals surface area contributed by atoms with E-state index in [2.05, 4.69) is 38.1 Å². The lowest BCUT2D eigenvalue weighted by Gasteiger charge is -2.36. The molecule has 1 atom stereocenters. The third-order valence-electron chi connectivity index (χ3n) is 9.39. The summed E-state index contributed by atoms with van der Waals surface area (Å²) in [6, 6.07) is 13.6. The molecule has 3 aliphatic heterocycles. The summed E-state index contributed by atoms with van der Waals surface area (Å²) in [7, 11) is 0. The molecule has 3 N–H and O–H groups in total. The van der Waals surface area contributed by atoms with E-state index in [-0.39, 0.29) is 11.8 Å². The summed E-state index contributed by atoms with van der Waals surface area (Å²) in [4.78, 5) is 51.1. The molecule has 3 aromatic rings. The van der Waals surface area contributed by atoms with Crippen LogP contribution >= 0.6 is 11.6 Å². The lowest BCUT2D eigenvalue weighted by Crippen LogP contribution is -2.50. The number of carbonyl (C=O) groups excluding carboxylic acids is 3. The number of carbonyl (C=O) groups is 3. The summed E-state index contributed by atoms with van der Waals surface area (Å²) in [6.07, 6.45) is 4.35. The van der Waals surface area contributed by atoms with Crippen LogP contribution in [0.15, 0.2) is 48.7 Å². The molecule has 2 fully saturated rings. The van der Waals surface area contributed by atoms with Gasteiger partial charge in [-0.05, 0) is 101 Å². The largest absolute Gasteiger partial charge is 0.444 e. The van der Waals surface area contributed by atoms with Crippen molar-refractivity contribution in [3.05, 3.63) is 70.4 Å². The van der Waals surface area contributed by atoms with Gasteiger partial charge >= 0.3 is 6.09 Å². The first kappa shape index (κ1) is 33.5. The first-order valence-electron chi connectivity index (χ1n) is 16.7. The number of amides is 3. The van der Waals surface area contributed by atoms with Crippen molar-refractivity contribution in [2.75, 3.05) is 35.6 Å². The normalized spacial score (nSPS) is 19.1.